The number of nitrogens with zero attached hydrogens (tertiary/aromatic N) is 3. The third-order valence-corrected chi connectivity index (χ3v) is 4.48. The van der Waals surface area contributed by atoms with Gasteiger partial charge in [-0.1, -0.05) is 18.2 Å². The second-order valence-electron chi connectivity index (χ2n) is 6.05. The number of benzene rings is 2. The smallest absolute Gasteiger partial charge is 0.327 e. The molecule has 0 fully saturated rings. The molecule has 0 saturated carbocycles. The van der Waals surface area contributed by atoms with Gasteiger partial charge in [0.25, 0.3) is 5.91 Å². The van der Waals surface area contributed by atoms with Crippen molar-refractivity contribution >= 4 is 29.2 Å². The summed E-state index contributed by atoms with van der Waals surface area (Å²) in [6, 6.07) is 12.1. The SMILES string of the molecule is CN1C2=C(CC=N2)C(=O)N(c2ccccc2)c2cc(C(F)(F)F)ccc21. The van der Waals surface area contributed by atoms with Gasteiger partial charge in [0, 0.05) is 25.4 Å². The molecule has 132 valence electrons. The summed E-state index contributed by atoms with van der Waals surface area (Å²) in [7, 11) is 1.70. The summed E-state index contributed by atoms with van der Waals surface area (Å²) in [4.78, 5) is 20.4. The molecule has 0 atom stereocenters. The van der Waals surface area contributed by atoms with Crippen LogP contribution in [0.5, 0.6) is 0 Å². The van der Waals surface area contributed by atoms with Gasteiger partial charge in [-0.2, -0.15) is 13.2 Å². The van der Waals surface area contributed by atoms with Crippen molar-refractivity contribution in [2.45, 2.75) is 12.6 Å². The first-order valence-corrected chi connectivity index (χ1v) is 7.98. The van der Waals surface area contributed by atoms with E-state index in [1.165, 1.54) is 11.0 Å². The van der Waals surface area contributed by atoms with E-state index in [9.17, 15) is 18.0 Å². The molecule has 2 heterocycles. The minimum Gasteiger partial charge on any atom is -0.327 e. The topological polar surface area (TPSA) is 35.9 Å². The number of rotatable bonds is 1. The quantitative estimate of drug-likeness (QED) is 0.753. The molecule has 2 aliphatic heterocycles. The lowest BCUT2D eigenvalue weighted by Gasteiger charge is -2.26. The fraction of sp³-hybridized carbons (Fsp3) is 0.158. The molecule has 0 saturated heterocycles. The largest absolute Gasteiger partial charge is 0.416 e. The van der Waals surface area contributed by atoms with Gasteiger partial charge in [-0.25, -0.2) is 4.99 Å². The predicted octanol–water partition coefficient (Wildman–Crippen LogP) is 4.51. The third kappa shape index (κ3) is 2.47. The third-order valence-electron chi connectivity index (χ3n) is 4.48. The van der Waals surface area contributed by atoms with Gasteiger partial charge in [0.05, 0.1) is 22.5 Å². The molecule has 0 radical (unpaired) electrons. The minimum atomic E-state index is -4.50. The summed E-state index contributed by atoms with van der Waals surface area (Å²) in [6.07, 6.45) is -2.51. The zero-order chi connectivity index (χ0) is 18.5. The Labute approximate surface area is 147 Å². The van der Waals surface area contributed by atoms with Crippen LogP contribution in [0.2, 0.25) is 0 Å². The highest BCUT2D eigenvalue weighted by molar-refractivity contribution is 6.16. The van der Waals surface area contributed by atoms with E-state index >= 15 is 0 Å². The molecular formula is C19H14F3N3O. The number of amides is 1. The fourth-order valence-electron chi connectivity index (χ4n) is 3.22. The standard InChI is InChI=1S/C19H14F3N3O/c1-24-15-8-7-12(19(20,21)22)11-16(15)25(13-5-3-2-4-6-13)18(26)14-9-10-23-17(14)24/h2-8,10-11H,9H2,1H3. The number of carbonyl (C=O) groups is 1. The van der Waals surface area contributed by atoms with Crippen LogP contribution in [0.3, 0.4) is 0 Å². The molecule has 0 bridgehead atoms. The van der Waals surface area contributed by atoms with Crippen LogP contribution in [-0.4, -0.2) is 19.2 Å². The molecule has 0 unspecified atom stereocenters. The number of carbonyl (C=O) groups excluding carboxylic acids is 1. The molecule has 2 aliphatic rings. The Bertz CT molecular complexity index is 948. The monoisotopic (exact) mass is 357 g/mol. The zero-order valence-corrected chi connectivity index (χ0v) is 13.8. The summed E-state index contributed by atoms with van der Waals surface area (Å²) in [5, 5.41) is 0. The Morgan fingerprint density at radius 3 is 2.46 bits per heavy atom. The van der Waals surface area contributed by atoms with Gasteiger partial charge in [-0.15, -0.1) is 0 Å². The molecule has 7 heteroatoms. The molecule has 0 aliphatic carbocycles. The van der Waals surface area contributed by atoms with Crippen molar-refractivity contribution in [3.63, 3.8) is 0 Å². The predicted molar refractivity (Wildman–Crippen MR) is 93.6 cm³/mol. The maximum absolute atomic E-state index is 13.3. The molecule has 0 N–H and O–H groups in total. The second-order valence-corrected chi connectivity index (χ2v) is 6.05. The number of para-hydroxylation sites is 1. The molecule has 2 aromatic carbocycles. The average molecular weight is 357 g/mol. The van der Waals surface area contributed by atoms with E-state index in [0.717, 1.165) is 12.1 Å². The molecular weight excluding hydrogens is 343 g/mol. The van der Waals surface area contributed by atoms with Gasteiger partial charge in [0.1, 0.15) is 5.82 Å². The molecule has 0 spiro atoms. The lowest BCUT2D eigenvalue weighted by molar-refractivity contribution is -0.137. The number of fused-ring (bicyclic) bond motifs is 1. The highest BCUT2D eigenvalue weighted by Crippen LogP contribution is 2.44. The highest BCUT2D eigenvalue weighted by atomic mass is 19.4. The first-order valence-electron chi connectivity index (χ1n) is 7.98. The van der Waals surface area contributed by atoms with Crippen molar-refractivity contribution < 1.29 is 18.0 Å². The number of alkyl halides is 3. The van der Waals surface area contributed by atoms with Crippen LogP contribution in [0.15, 0.2) is 64.9 Å². The van der Waals surface area contributed by atoms with E-state index in [2.05, 4.69) is 4.99 Å². The number of hydrogen-bond acceptors (Lipinski definition) is 3. The van der Waals surface area contributed by atoms with Crippen molar-refractivity contribution in [2.75, 3.05) is 16.8 Å². The van der Waals surface area contributed by atoms with Crippen LogP contribution in [-0.2, 0) is 11.0 Å². The van der Waals surface area contributed by atoms with E-state index in [-0.39, 0.29) is 11.6 Å². The van der Waals surface area contributed by atoms with Gasteiger partial charge >= 0.3 is 6.18 Å². The molecule has 2 aromatic rings. The van der Waals surface area contributed by atoms with Crippen molar-refractivity contribution in [3.8, 4) is 0 Å². The second kappa shape index (κ2) is 5.72. The van der Waals surface area contributed by atoms with E-state index in [1.54, 1.807) is 48.5 Å². The van der Waals surface area contributed by atoms with Gasteiger partial charge in [0.15, 0.2) is 0 Å². The summed E-state index contributed by atoms with van der Waals surface area (Å²) in [5.41, 5.74) is 0.833. The Morgan fingerprint density at radius 1 is 1.04 bits per heavy atom. The molecule has 4 nitrogen and oxygen atoms in total. The first-order chi connectivity index (χ1) is 12.4. The van der Waals surface area contributed by atoms with E-state index in [0.29, 0.717) is 29.2 Å². The average Bonchev–Trinajstić information content (AvgIpc) is 3.08. The number of anilines is 3. The lowest BCUT2D eigenvalue weighted by atomic mass is 10.1. The van der Waals surface area contributed by atoms with Crippen LogP contribution in [0, 0.1) is 0 Å². The van der Waals surface area contributed by atoms with Crippen LogP contribution in [0.25, 0.3) is 0 Å². The number of hydrogen-bond donors (Lipinski definition) is 0. The fourth-order valence-corrected chi connectivity index (χ4v) is 3.22. The van der Waals surface area contributed by atoms with Crippen LogP contribution < -0.4 is 9.80 Å². The van der Waals surface area contributed by atoms with Crippen LogP contribution in [0.1, 0.15) is 12.0 Å². The first kappa shape index (κ1) is 16.4. The normalized spacial score (nSPS) is 16.7. The minimum absolute atomic E-state index is 0.183. The van der Waals surface area contributed by atoms with E-state index in [4.69, 9.17) is 0 Å². The molecule has 4 rings (SSSR count). The van der Waals surface area contributed by atoms with Gasteiger partial charge < -0.3 is 4.90 Å². The Morgan fingerprint density at radius 2 is 1.77 bits per heavy atom. The summed E-state index contributed by atoms with van der Waals surface area (Å²) in [5.74, 6) is 0.100. The van der Waals surface area contributed by atoms with Gasteiger partial charge in [0.2, 0.25) is 0 Å². The summed E-state index contributed by atoms with van der Waals surface area (Å²) in [6.45, 7) is 0. The van der Waals surface area contributed by atoms with E-state index < -0.39 is 11.7 Å². The summed E-state index contributed by atoms with van der Waals surface area (Å²) >= 11 is 0. The van der Waals surface area contributed by atoms with Crippen molar-refractivity contribution in [2.24, 2.45) is 4.99 Å². The van der Waals surface area contributed by atoms with E-state index in [1.807, 2.05) is 0 Å². The maximum atomic E-state index is 13.3. The van der Waals surface area contributed by atoms with Gasteiger partial charge in [-0.3, -0.25) is 9.69 Å². The van der Waals surface area contributed by atoms with Crippen molar-refractivity contribution in [1.82, 2.24) is 0 Å². The molecule has 0 aromatic heterocycles. The number of halogens is 3. The molecule has 1 amide bonds. The Hall–Kier alpha value is -3.09. The Balaban J connectivity index is 1.99. The Kier molecular flexibility index (Phi) is 3.61. The van der Waals surface area contributed by atoms with Crippen LogP contribution in [0.4, 0.5) is 30.2 Å². The highest BCUT2D eigenvalue weighted by Gasteiger charge is 2.37. The lowest BCUT2D eigenvalue weighted by Crippen LogP contribution is -2.27. The zero-order valence-electron chi connectivity index (χ0n) is 13.8. The van der Waals surface area contributed by atoms with Crippen LogP contribution >= 0.6 is 0 Å². The number of aliphatic imine (C=N–C) groups is 1. The van der Waals surface area contributed by atoms with Gasteiger partial charge in [-0.05, 0) is 30.3 Å². The summed E-state index contributed by atoms with van der Waals surface area (Å²) < 4.78 is 39.8. The maximum Gasteiger partial charge on any atom is 0.416 e. The van der Waals surface area contributed by atoms with Crippen molar-refractivity contribution in [3.05, 3.63) is 65.5 Å². The molecule has 26 heavy (non-hydrogen) atoms. The van der Waals surface area contributed by atoms with Crippen molar-refractivity contribution in [1.29, 1.82) is 0 Å².